The summed E-state index contributed by atoms with van der Waals surface area (Å²) in [5.74, 6) is 4.07. The molecule has 0 radical (unpaired) electrons. The molecule has 1 aliphatic carbocycles. The second-order valence-corrected chi connectivity index (χ2v) is 5.65. The van der Waals surface area contributed by atoms with Crippen LogP contribution in [0.4, 0.5) is 0 Å². The topological polar surface area (TPSA) is 30.5 Å². The molecule has 0 bridgehead atoms. The highest BCUT2D eigenvalue weighted by Crippen LogP contribution is 2.37. The Morgan fingerprint density at radius 3 is 2.85 bits per heavy atom. The first-order valence-corrected chi connectivity index (χ1v) is 7.78. The maximum Gasteiger partial charge on any atom is 0.175 e. The van der Waals surface area contributed by atoms with Crippen LogP contribution in [0.25, 0.3) is 0 Å². The number of nitrogens with one attached hydrogen (secondary N) is 1. The lowest BCUT2D eigenvalue weighted by Crippen LogP contribution is -2.15. The van der Waals surface area contributed by atoms with Gasteiger partial charge in [-0.15, -0.1) is 12.3 Å². The zero-order valence-electron chi connectivity index (χ0n) is 11.7. The molecule has 1 fully saturated rings. The standard InChI is InChI=1S/C16H20BrNO2/c1-3-5-8-20-16-14(17)9-12(10-15(16)19-4-2)11-18-13-6-7-13/h1,9-10,13,18H,4-8,11H2,2H3. The maximum absolute atomic E-state index is 5.72. The molecule has 0 heterocycles. The van der Waals surface area contributed by atoms with Crippen LogP contribution in [0.1, 0.15) is 31.7 Å². The second kappa shape index (κ2) is 7.56. The van der Waals surface area contributed by atoms with E-state index in [9.17, 15) is 0 Å². The van der Waals surface area contributed by atoms with E-state index in [0.717, 1.165) is 22.5 Å². The zero-order chi connectivity index (χ0) is 14.4. The quantitative estimate of drug-likeness (QED) is 0.581. The van der Waals surface area contributed by atoms with Crippen LogP contribution in [0.3, 0.4) is 0 Å². The number of hydrogen-bond acceptors (Lipinski definition) is 3. The van der Waals surface area contributed by atoms with E-state index in [1.807, 2.05) is 13.0 Å². The highest BCUT2D eigenvalue weighted by Gasteiger charge is 2.20. The number of benzene rings is 1. The van der Waals surface area contributed by atoms with Gasteiger partial charge in [-0.25, -0.2) is 0 Å². The molecule has 2 rings (SSSR count). The van der Waals surface area contributed by atoms with Gasteiger partial charge in [-0.05, 0) is 53.4 Å². The van der Waals surface area contributed by atoms with Gasteiger partial charge < -0.3 is 14.8 Å². The lowest BCUT2D eigenvalue weighted by Gasteiger charge is -2.15. The van der Waals surface area contributed by atoms with Gasteiger partial charge in [0.05, 0.1) is 17.7 Å². The molecule has 0 spiro atoms. The summed E-state index contributed by atoms with van der Waals surface area (Å²) in [5, 5.41) is 3.50. The molecule has 1 aliphatic rings. The summed E-state index contributed by atoms with van der Waals surface area (Å²) in [6.45, 7) is 3.93. The largest absolute Gasteiger partial charge is 0.490 e. The van der Waals surface area contributed by atoms with Crippen molar-refractivity contribution in [3.05, 3.63) is 22.2 Å². The average Bonchev–Trinajstić information content (AvgIpc) is 3.24. The van der Waals surface area contributed by atoms with E-state index < -0.39 is 0 Å². The second-order valence-electron chi connectivity index (χ2n) is 4.80. The number of halogens is 1. The van der Waals surface area contributed by atoms with E-state index in [2.05, 4.69) is 33.2 Å². The summed E-state index contributed by atoms with van der Waals surface area (Å²) in [4.78, 5) is 0. The van der Waals surface area contributed by atoms with Crippen molar-refractivity contribution in [2.45, 2.75) is 38.8 Å². The predicted molar refractivity (Wildman–Crippen MR) is 84.1 cm³/mol. The molecule has 4 heteroatoms. The van der Waals surface area contributed by atoms with Crippen LogP contribution < -0.4 is 14.8 Å². The molecule has 20 heavy (non-hydrogen) atoms. The van der Waals surface area contributed by atoms with Gasteiger partial charge >= 0.3 is 0 Å². The van der Waals surface area contributed by atoms with Crippen molar-refractivity contribution in [3.63, 3.8) is 0 Å². The fourth-order valence-electron chi connectivity index (χ4n) is 1.89. The Hall–Kier alpha value is -1.18. The molecule has 0 aliphatic heterocycles. The van der Waals surface area contributed by atoms with Gasteiger partial charge in [0.15, 0.2) is 11.5 Å². The summed E-state index contributed by atoms with van der Waals surface area (Å²) in [6, 6.07) is 4.80. The van der Waals surface area contributed by atoms with E-state index in [1.165, 1.54) is 18.4 Å². The lowest BCUT2D eigenvalue weighted by molar-refractivity contribution is 0.280. The summed E-state index contributed by atoms with van der Waals surface area (Å²) in [5.41, 5.74) is 1.19. The van der Waals surface area contributed by atoms with Gasteiger partial charge in [0.2, 0.25) is 0 Å². The molecule has 1 N–H and O–H groups in total. The molecule has 3 nitrogen and oxygen atoms in total. The predicted octanol–water partition coefficient (Wildman–Crippen LogP) is 3.50. The first-order valence-electron chi connectivity index (χ1n) is 6.99. The number of ether oxygens (including phenoxy) is 2. The molecule has 108 valence electrons. The van der Waals surface area contributed by atoms with Gasteiger partial charge in [0.25, 0.3) is 0 Å². The highest BCUT2D eigenvalue weighted by molar-refractivity contribution is 9.10. The van der Waals surface area contributed by atoms with Crippen molar-refractivity contribution in [1.29, 1.82) is 0 Å². The third kappa shape index (κ3) is 4.43. The van der Waals surface area contributed by atoms with E-state index in [1.54, 1.807) is 0 Å². The third-order valence-electron chi connectivity index (χ3n) is 3.03. The summed E-state index contributed by atoms with van der Waals surface area (Å²) in [6.07, 6.45) is 8.40. The van der Waals surface area contributed by atoms with Crippen molar-refractivity contribution in [3.8, 4) is 23.8 Å². The monoisotopic (exact) mass is 337 g/mol. The molecular formula is C16H20BrNO2. The van der Waals surface area contributed by atoms with Crippen LogP contribution >= 0.6 is 15.9 Å². The molecule has 1 aromatic carbocycles. The van der Waals surface area contributed by atoms with Crippen molar-refractivity contribution < 1.29 is 9.47 Å². The first kappa shape index (κ1) is 15.2. The number of terminal acetylenes is 1. The van der Waals surface area contributed by atoms with Crippen molar-refractivity contribution >= 4 is 15.9 Å². The van der Waals surface area contributed by atoms with Crippen LogP contribution in [0, 0.1) is 12.3 Å². The molecule has 0 aromatic heterocycles. The van der Waals surface area contributed by atoms with E-state index in [4.69, 9.17) is 15.9 Å². The van der Waals surface area contributed by atoms with Crippen LogP contribution in [-0.4, -0.2) is 19.3 Å². The Morgan fingerprint density at radius 2 is 2.20 bits per heavy atom. The highest BCUT2D eigenvalue weighted by atomic mass is 79.9. The van der Waals surface area contributed by atoms with Gasteiger partial charge in [-0.3, -0.25) is 0 Å². The van der Waals surface area contributed by atoms with E-state index in [-0.39, 0.29) is 0 Å². The van der Waals surface area contributed by atoms with E-state index in [0.29, 0.717) is 25.7 Å². The third-order valence-corrected chi connectivity index (χ3v) is 3.62. The Labute approximate surface area is 129 Å². The molecule has 0 amide bonds. The SMILES string of the molecule is C#CCCOc1c(Br)cc(CNC2CC2)cc1OCC. The maximum atomic E-state index is 5.72. The van der Waals surface area contributed by atoms with E-state index >= 15 is 0 Å². The first-order chi connectivity index (χ1) is 9.74. The Balaban J connectivity index is 2.09. The average molecular weight is 338 g/mol. The van der Waals surface area contributed by atoms with Crippen LogP contribution in [0.5, 0.6) is 11.5 Å². The molecule has 0 saturated heterocycles. The minimum absolute atomic E-state index is 0.495. The lowest BCUT2D eigenvalue weighted by atomic mass is 10.2. The normalized spacial score (nSPS) is 13.8. The molecule has 1 saturated carbocycles. The van der Waals surface area contributed by atoms with Crippen molar-refractivity contribution in [2.24, 2.45) is 0 Å². The van der Waals surface area contributed by atoms with Gasteiger partial charge in [-0.2, -0.15) is 0 Å². The Kier molecular flexibility index (Phi) is 5.75. The van der Waals surface area contributed by atoms with Crippen LogP contribution in [-0.2, 0) is 6.54 Å². The van der Waals surface area contributed by atoms with Crippen LogP contribution in [0.15, 0.2) is 16.6 Å². The summed E-state index contributed by atoms with van der Waals surface area (Å²) in [7, 11) is 0. The minimum Gasteiger partial charge on any atom is -0.490 e. The number of rotatable bonds is 8. The molecule has 0 unspecified atom stereocenters. The minimum atomic E-state index is 0.495. The summed E-state index contributed by atoms with van der Waals surface area (Å²) >= 11 is 3.56. The van der Waals surface area contributed by atoms with Gasteiger partial charge in [0.1, 0.15) is 0 Å². The number of hydrogen-bond donors (Lipinski definition) is 1. The molecular weight excluding hydrogens is 318 g/mol. The fraction of sp³-hybridized carbons (Fsp3) is 0.500. The van der Waals surface area contributed by atoms with Gasteiger partial charge in [0, 0.05) is 19.0 Å². The molecule has 1 aromatic rings. The van der Waals surface area contributed by atoms with Gasteiger partial charge in [-0.1, -0.05) is 0 Å². The summed E-state index contributed by atoms with van der Waals surface area (Å²) < 4.78 is 12.3. The molecule has 0 atom stereocenters. The van der Waals surface area contributed by atoms with Crippen LogP contribution in [0.2, 0.25) is 0 Å². The zero-order valence-corrected chi connectivity index (χ0v) is 13.3. The smallest absolute Gasteiger partial charge is 0.175 e. The Morgan fingerprint density at radius 1 is 1.40 bits per heavy atom. The van der Waals surface area contributed by atoms with Crippen molar-refractivity contribution in [2.75, 3.05) is 13.2 Å². The van der Waals surface area contributed by atoms with Crippen molar-refractivity contribution in [1.82, 2.24) is 5.32 Å². The fourth-order valence-corrected chi connectivity index (χ4v) is 2.49. The Bertz CT molecular complexity index is 492.